The summed E-state index contributed by atoms with van der Waals surface area (Å²) in [5, 5.41) is 9.97. The summed E-state index contributed by atoms with van der Waals surface area (Å²) in [4.78, 5) is 10.6. The van der Waals surface area contributed by atoms with E-state index in [2.05, 4.69) is 253 Å². The number of benzene rings is 11. The number of fused-ring (bicyclic) bond motifs is 7. The summed E-state index contributed by atoms with van der Waals surface area (Å²) in [6.45, 7) is 0. The minimum absolute atomic E-state index is 0.685. The largest absolute Gasteiger partial charge is 0.309 e. The van der Waals surface area contributed by atoms with E-state index in [9.17, 15) is 0 Å². The number of hydrogen-bond donors (Lipinski definition) is 0. The molecule has 0 aliphatic carbocycles. The number of para-hydroxylation sites is 3. The predicted molar refractivity (Wildman–Crippen MR) is 282 cm³/mol. The number of hydrogen-bond acceptors (Lipinski definition) is 2. The third-order valence-electron chi connectivity index (χ3n) is 13.4. The molecule has 0 saturated carbocycles. The highest BCUT2D eigenvalue weighted by atomic mass is 15.0. The van der Waals surface area contributed by atoms with Gasteiger partial charge in [-0.2, -0.15) is 0 Å². The van der Waals surface area contributed by atoms with Gasteiger partial charge < -0.3 is 4.57 Å². The van der Waals surface area contributed by atoms with Crippen LogP contribution < -0.4 is 0 Å². The molecule has 2 aromatic heterocycles. The lowest BCUT2D eigenvalue weighted by atomic mass is 9.89. The maximum absolute atomic E-state index is 5.28. The van der Waals surface area contributed by atoms with Gasteiger partial charge in [-0.3, -0.25) is 0 Å². The SMILES string of the molecule is c1ccc(-c2ccc(-c3nc(-c4ccc(-c5c6ccccc6cc6c5ccc5ccccc56)cc4)cc(-c4ccc(-c5cccc6c7ccccc7n(-c7ccccc7)c56)cc4)n3)cc2)cc1. The second kappa shape index (κ2) is 16.0. The van der Waals surface area contributed by atoms with Gasteiger partial charge in [0.1, 0.15) is 0 Å². The van der Waals surface area contributed by atoms with Crippen LogP contribution >= 0.6 is 0 Å². The van der Waals surface area contributed by atoms with Crippen LogP contribution in [0, 0.1) is 0 Å². The van der Waals surface area contributed by atoms with Crippen LogP contribution in [0.15, 0.2) is 249 Å². The number of rotatable bonds is 7. The second-order valence-corrected chi connectivity index (χ2v) is 17.3. The molecule has 312 valence electrons. The predicted octanol–water partition coefficient (Wildman–Crippen LogP) is 17.0. The quantitative estimate of drug-likeness (QED) is 0.118. The van der Waals surface area contributed by atoms with Crippen molar-refractivity contribution >= 4 is 54.1 Å². The molecule has 0 radical (unpaired) electrons. The molecular formula is C64H41N3. The third-order valence-corrected chi connectivity index (χ3v) is 13.4. The molecule has 0 N–H and O–H groups in total. The Morgan fingerprint density at radius 2 is 0.821 bits per heavy atom. The van der Waals surface area contributed by atoms with Gasteiger partial charge >= 0.3 is 0 Å². The van der Waals surface area contributed by atoms with Crippen molar-refractivity contribution < 1.29 is 0 Å². The fourth-order valence-corrected chi connectivity index (χ4v) is 10.2. The maximum atomic E-state index is 5.28. The van der Waals surface area contributed by atoms with Crippen LogP contribution in [0.1, 0.15) is 0 Å². The molecule has 13 aromatic rings. The minimum atomic E-state index is 0.685. The molecule has 0 bridgehead atoms. The van der Waals surface area contributed by atoms with E-state index in [1.54, 1.807) is 0 Å². The number of aromatic nitrogens is 3. The first-order chi connectivity index (χ1) is 33.2. The Bertz CT molecular complexity index is 3980. The second-order valence-electron chi connectivity index (χ2n) is 17.3. The van der Waals surface area contributed by atoms with Gasteiger partial charge in [-0.05, 0) is 90.5 Å². The van der Waals surface area contributed by atoms with E-state index in [1.165, 1.54) is 76.4 Å². The Morgan fingerprint density at radius 1 is 0.284 bits per heavy atom. The van der Waals surface area contributed by atoms with E-state index in [-0.39, 0.29) is 0 Å². The monoisotopic (exact) mass is 851 g/mol. The Labute approximate surface area is 388 Å². The van der Waals surface area contributed by atoms with Crippen LogP contribution in [-0.2, 0) is 0 Å². The molecule has 11 aromatic carbocycles. The molecule has 3 nitrogen and oxygen atoms in total. The molecule has 0 spiro atoms. The van der Waals surface area contributed by atoms with Crippen molar-refractivity contribution in [1.82, 2.24) is 14.5 Å². The summed E-state index contributed by atoms with van der Waals surface area (Å²) in [5.41, 5.74) is 15.4. The fourth-order valence-electron chi connectivity index (χ4n) is 10.2. The zero-order valence-corrected chi connectivity index (χ0v) is 36.5. The Hall–Kier alpha value is -8.92. The van der Waals surface area contributed by atoms with E-state index in [1.807, 2.05) is 0 Å². The van der Waals surface area contributed by atoms with Crippen molar-refractivity contribution in [1.29, 1.82) is 0 Å². The first kappa shape index (κ1) is 38.5. The van der Waals surface area contributed by atoms with E-state index in [4.69, 9.17) is 9.97 Å². The highest BCUT2D eigenvalue weighted by Gasteiger charge is 2.18. The van der Waals surface area contributed by atoms with Crippen LogP contribution in [0.2, 0.25) is 0 Å². The normalized spacial score (nSPS) is 11.6. The van der Waals surface area contributed by atoms with Crippen molar-refractivity contribution in [2.45, 2.75) is 0 Å². The lowest BCUT2D eigenvalue weighted by Crippen LogP contribution is -1.97. The van der Waals surface area contributed by atoms with Crippen molar-refractivity contribution in [2.75, 3.05) is 0 Å². The maximum Gasteiger partial charge on any atom is 0.160 e. The summed E-state index contributed by atoms with van der Waals surface area (Å²) >= 11 is 0. The topological polar surface area (TPSA) is 30.7 Å². The van der Waals surface area contributed by atoms with Gasteiger partial charge in [0.25, 0.3) is 0 Å². The Kier molecular flexibility index (Phi) is 9.17. The van der Waals surface area contributed by atoms with Crippen LogP contribution in [0.4, 0.5) is 0 Å². The molecule has 67 heavy (non-hydrogen) atoms. The van der Waals surface area contributed by atoms with Crippen LogP contribution in [0.5, 0.6) is 0 Å². The average Bonchev–Trinajstić information content (AvgIpc) is 3.75. The van der Waals surface area contributed by atoms with Crippen LogP contribution in [0.3, 0.4) is 0 Å². The highest BCUT2D eigenvalue weighted by molar-refractivity contribution is 6.20. The van der Waals surface area contributed by atoms with E-state index in [0.29, 0.717) is 5.82 Å². The fraction of sp³-hybridized carbons (Fsp3) is 0. The van der Waals surface area contributed by atoms with Crippen molar-refractivity contribution in [3.63, 3.8) is 0 Å². The molecule has 3 heteroatoms. The van der Waals surface area contributed by atoms with Gasteiger partial charge in [-0.15, -0.1) is 0 Å². The summed E-state index contributed by atoms with van der Waals surface area (Å²) in [7, 11) is 0. The summed E-state index contributed by atoms with van der Waals surface area (Å²) in [5.74, 6) is 0.685. The van der Waals surface area contributed by atoms with Gasteiger partial charge in [-0.25, -0.2) is 9.97 Å². The van der Waals surface area contributed by atoms with Crippen molar-refractivity contribution in [2.24, 2.45) is 0 Å². The molecule has 13 rings (SSSR count). The first-order valence-electron chi connectivity index (χ1n) is 22.9. The summed E-state index contributed by atoms with van der Waals surface area (Å²) in [6.07, 6.45) is 0. The van der Waals surface area contributed by atoms with Crippen molar-refractivity contribution in [3.8, 4) is 73.0 Å². The molecule has 0 aliphatic rings. The zero-order valence-electron chi connectivity index (χ0n) is 36.5. The van der Waals surface area contributed by atoms with E-state index < -0.39 is 0 Å². The molecule has 0 fully saturated rings. The molecule has 0 amide bonds. The van der Waals surface area contributed by atoms with Gasteiger partial charge in [-0.1, -0.05) is 218 Å². The minimum Gasteiger partial charge on any atom is -0.309 e. The van der Waals surface area contributed by atoms with Gasteiger partial charge in [0.2, 0.25) is 0 Å². The van der Waals surface area contributed by atoms with E-state index >= 15 is 0 Å². The van der Waals surface area contributed by atoms with Crippen molar-refractivity contribution in [3.05, 3.63) is 249 Å². The molecular weight excluding hydrogens is 811 g/mol. The standard InChI is InChI=1S/C64H41N3/c1-3-14-42(15-4-1)43-26-36-49(37-27-43)64-65-59(46-30-28-45(29-31-46)54-23-13-24-57-55-22-11-12-25-61(55)67(63(54)57)51-18-5-2-6-19-51)41-60(66-64)47-32-34-48(35-33-47)62-53-21-10-8-17-50(53)40-58-52-20-9-7-16-44(52)38-39-56(58)62/h1-41H. The van der Waals surface area contributed by atoms with Gasteiger partial charge in [0, 0.05) is 38.7 Å². The highest BCUT2D eigenvalue weighted by Crippen LogP contribution is 2.42. The van der Waals surface area contributed by atoms with Crippen LogP contribution in [0.25, 0.3) is 127 Å². The molecule has 0 saturated heterocycles. The summed E-state index contributed by atoms with van der Waals surface area (Å²) < 4.78 is 2.40. The number of nitrogens with zero attached hydrogens (tertiary/aromatic N) is 3. The molecule has 0 aliphatic heterocycles. The van der Waals surface area contributed by atoms with Gasteiger partial charge in [0.05, 0.1) is 22.4 Å². The first-order valence-corrected chi connectivity index (χ1v) is 22.9. The lowest BCUT2D eigenvalue weighted by Gasteiger charge is -2.15. The smallest absolute Gasteiger partial charge is 0.160 e. The zero-order chi connectivity index (χ0) is 44.3. The Balaban J connectivity index is 0.930. The molecule has 0 unspecified atom stereocenters. The molecule has 2 heterocycles. The third kappa shape index (κ3) is 6.67. The van der Waals surface area contributed by atoms with E-state index in [0.717, 1.165) is 44.9 Å². The van der Waals surface area contributed by atoms with Gasteiger partial charge in [0.15, 0.2) is 5.82 Å². The molecule has 0 atom stereocenters. The average molecular weight is 852 g/mol. The van der Waals surface area contributed by atoms with Crippen LogP contribution in [-0.4, -0.2) is 14.5 Å². The summed E-state index contributed by atoms with van der Waals surface area (Å²) in [6, 6.07) is 89.4. The lowest BCUT2D eigenvalue weighted by molar-refractivity contribution is 1.18. The Morgan fingerprint density at radius 3 is 1.55 bits per heavy atom.